The number of rotatable bonds is 6. The third-order valence-corrected chi connectivity index (χ3v) is 4.22. The molecule has 8 heteroatoms. The second-order valence-electron chi connectivity index (χ2n) is 3.66. The normalized spacial score (nSPS) is 11.2. The summed E-state index contributed by atoms with van der Waals surface area (Å²) in [6.45, 7) is 0.347. The van der Waals surface area contributed by atoms with Gasteiger partial charge in [-0.25, -0.2) is 8.42 Å². The lowest BCUT2D eigenvalue weighted by Gasteiger charge is -2.19. The molecule has 0 saturated heterocycles. The number of nitro benzene ring substituents is 1. The summed E-state index contributed by atoms with van der Waals surface area (Å²) in [6, 6.07) is 5.38. The molecule has 1 N–H and O–H groups in total. The third kappa shape index (κ3) is 3.41. The number of nitrogens with zero attached hydrogens (tertiary/aromatic N) is 2. The van der Waals surface area contributed by atoms with Crippen LogP contribution in [-0.4, -0.2) is 39.7 Å². The summed E-state index contributed by atoms with van der Waals surface area (Å²) in [7, 11) is -0.317. The van der Waals surface area contributed by atoms with Crippen molar-refractivity contribution < 1.29 is 13.3 Å². The molecule has 0 spiro atoms. The molecule has 1 aromatic rings. The maximum Gasteiger partial charge on any atom is 0.269 e. The van der Waals surface area contributed by atoms with Crippen LogP contribution in [0.4, 0.5) is 11.4 Å². The van der Waals surface area contributed by atoms with Crippen LogP contribution in [0.5, 0.6) is 0 Å². The van der Waals surface area contributed by atoms with E-state index in [0.717, 1.165) is 4.31 Å². The van der Waals surface area contributed by atoms with Crippen LogP contribution in [0.1, 0.15) is 0 Å². The van der Waals surface area contributed by atoms with E-state index in [4.69, 9.17) is 0 Å². The number of hydrogen-bond donors (Lipinski definition) is 1. The highest BCUT2D eigenvalue weighted by atomic mass is 32.2. The van der Waals surface area contributed by atoms with Crippen LogP contribution >= 0.6 is 0 Å². The van der Waals surface area contributed by atoms with Crippen molar-refractivity contribution >= 4 is 21.4 Å². The number of nitrogens with one attached hydrogen (secondary N) is 1. The van der Waals surface area contributed by atoms with E-state index < -0.39 is 14.9 Å². The molecule has 18 heavy (non-hydrogen) atoms. The van der Waals surface area contributed by atoms with Crippen molar-refractivity contribution in [3.8, 4) is 0 Å². The molecule has 0 radical (unpaired) electrons. The minimum Gasteiger partial charge on any atom is -0.319 e. The molecule has 0 heterocycles. The van der Waals surface area contributed by atoms with Crippen molar-refractivity contribution in [1.29, 1.82) is 0 Å². The smallest absolute Gasteiger partial charge is 0.269 e. The Morgan fingerprint density at radius 1 is 1.33 bits per heavy atom. The average molecular weight is 273 g/mol. The molecule has 100 valence electrons. The molecule has 0 aliphatic heterocycles. The number of anilines is 1. The predicted molar refractivity (Wildman–Crippen MR) is 69.2 cm³/mol. The van der Waals surface area contributed by atoms with Gasteiger partial charge in [-0.15, -0.1) is 0 Å². The van der Waals surface area contributed by atoms with Crippen molar-refractivity contribution in [2.75, 3.05) is 30.7 Å². The van der Waals surface area contributed by atoms with Crippen LogP contribution in [0.15, 0.2) is 24.3 Å². The molecule has 0 aliphatic rings. The first-order valence-corrected chi connectivity index (χ1v) is 6.85. The maximum absolute atomic E-state index is 11.9. The lowest BCUT2D eigenvalue weighted by molar-refractivity contribution is -0.384. The first-order valence-electron chi connectivity index (χ1n) is 5.24. The van der Waals surface area contributed by atoms with E-state index in [2.05, 4.69) is 5.32 Å². The van der Waals surface area contributed by atoms with Crippen molar-refractivity contribution in [3.63, 3.8) is 0 Å². The SMILES string of the molecule is CNCCS(=O)(=O)N(C)c1ccc([N+](=O)[O-])cc1. The molecule has 1 rings (SSSR count). The summed E-state index contributed by atoms with van der Waals surface area (Å²) in [5.74, 6) is -0.0308. The summed E-state index contributed by atoms with van der Waals surface area (Å²) in [5, 5.41) is 13.2. The highest BCUT2D eigenvalue weighted by Crippen LogP contribution is 2.20. The average Bonchev–Trinajstić information content (AvgIpc) is 2.35. The first-order chi connectivity index (χ1) is 8.38. The summed E-state index contributed by atoms with van der Waals surface area (Å²) in [5.41, 5.74) is 0.330. The second kappa shape index (κ2) is 5.78. The zero-order chi connectivity index (χ0) is 13.8. The minimum atomic E-state index is -3.41. The quantitative estimate of drug-likeness (QED) is 0.604. The molecular weight excluding hydrogens is 258 g/mol. The lowest BCUT2D eigenvalue weighted by Crippen LogP contribution is -2.32. The molecule has 0 fully saturated rings. The number of non-ortho nitro benzene ring substituents is 1. The van der Waals surface area contributed by atoms with E-state index in [1.54, 1.807) is 7.05 Å². The van der Waals surface area contributed by atoms with Gasteiger partial charge >= 0.3 is 0 Å². The van der Waals surface area contributed by atoms with E-state index >= 15 is 0 Å². The summed E-state index contributed by atoms with van der Waals surface area (Å²) >= 11 is 0. The van der Waals surface area contributed by atoms with Crippen LogP contribution in [0.3, 0.4) is 0 Å². The zero-order valence-corrected chi connectivity index (χ0v) is 11.0. The van der Waals surface area contributed by atoms with Gasteiger partial charge < -0.3 is 5.32 Å². The van der Waals surface area contributed by atoms with Crippen LogP contribution in [0.25, 0.3) is 0 Å². The topological polar surface area (TPSA) is 92.6 Å². The van der Waals surface area contributed by atoms with Crippen molar-refractivity contribution in [3.05, 3.63) is 34.4 Å². The first kappa shape index (κ1) is 14.4. The summed E-state index contributed by atoms with van der Waals surface area (Å²) < 4.78 is 24.8. The molecule has 0 bridgehead atoms. The van der Waals surface area contributed by atoms with Gasteiger partial charge in [0.15, 0.2) is 0 Å². The number of nitro groups is 1. The molecule has 0 aromatic heterocycles. The Kier molecular flexibility index (Phi) is 4.62. The Morgan fingerprint density at radius 3 is 2.33 bits per heavy atom. The minimum absolute atomic E-state index is 0.0308. The van der Waals surface area contributed by atoms with Crippen molar-refractivity contribution in [2.45, 2.75) is 0 Å². The van der Waals surface area contributed by atoms with E-state index in [1.165, 1.54) is 31.3 Å². The van der Waals surface area contributed by atoms with E-state index in [1.807, 2.05) is 0 Å². The van der Waals surface area contributed by atoms with Crippen LogP contribution in [0.2, 0.25) is 0 Å². The van der Waals surface area contributed by atoms with E-state index in [0.29, 0.717) is 12.2 Å². The molecule has 0 saturated carbocycles. The van der Waals surface area contributed by atoms with Gasteiger partial charge in [0.25, 0.3) is 5.69 Å². The van der Waals surface area contributed by atoms with Gasteiger partial charge in [-0.1, -0.05) is 0 Å². The monoisotopic (exact) mass is 273 g/mol. The van der Waals surface area contributed by atoms with Crippen molar-refractivity contribution in [2.24, 2.45) is 0 Å². The molecule has 7 nitrogen and oxygen atoms in total. The van der Waals surface area contributed by atoms with Gasteiger partial charge in [0.05, 0.1) is 16.4 Å². The Morgan fingerprint density at radius 2 is 1.89 bits per heavy atom. The van der Waals surface area contributed by atoms with Crippen LogP contribution in [-0.2, 0) is 10.0 Å². The van der Waals surface area contributed by atoms with Gasteiger partial charge in [0, 0.05) is 25.7 Å². The zero-order valence-electron chi connectivity index (χ0n) is 10.2. The number of sulfonamides is 1. The van der Waals surface area contributed by atoms with Gasteiger partial charge in [-0.2, -0.15) is 0 Å². The highest BCUT2D eigenvalue weighted by Gasteiger charge is 2.18. The lowest BCUT2D eigenvalue weighted by atomic mass is 10.3. The van der Waals surface area contributed by atoms with Gasteiger partial charge in [0.2, 0.25) is 10.0 Å². The summed E-state index contributed by atoms with van der Waals surface area (Å²) in [4.78, 5) is 9.96. The van der Waals surface area contributed by atoms with Gasteiger partial charge in [-0.05, 0) is 19.2 Å². The Balaban J connectivity index is 2.90. The van der Waals surface area contributed by atoms with Crippen LogP contribution < -0.4 is 9.62 Å². The Labute approximate surface area is 106 Å². The number of benzene rings is 1. The van der Waals surface area contributed by atoms with Gasteiger partial charge in [0.1, 0.15) is 0 Å². The summed E-state index contributed by atoms with van der Waals surface area (Å²) in [6.07, 6.45) is 0. The largest absolute Gasteiger partial charge is 0.319 e. The standard InChI is InChI=1S/C10H15N3O4S/c1-11-7-8-18(16,17)12(2)9-3-5-10(6-4-9)13(14)15/h3-6,11H,7-8H2,1-2H3. The van der Waals surface area contributed by atoms with E-state index in [-0.39, 0.29) is 11.4 Å². The highest BCUT2D eigenvalue weighted by molar-refractivity contribution is 7.92. The second-order valence-corrected chi connectivity index (χ2v) is 5.78. The fourth-order valence-electron chi connectivity index (χ4n) is 1.31. The molecule has 0 amide bonds. The Hall–Kier alpha value is -1.67. The van der Waals surface area contributed by atoms with Gasteiger partial charge in [-0.3, -0.25) is 14.4 Å². The maximum atomic E-state index is 11.9. The molecule has 0 unspecified atom stereocenters. The molecule has 0 aliphatic carbocycles. The molecular formula is C10H15N3O4S. The fraction of sp³-hybridized carbons (Fsp3) is 0.400. The predicted octanol–water partition coefficient (Wildman–Crippen LogP) is 0.580. The third-order valence-electron chi connectivity index (χ3n) is 2.45. The fourth-order valence-corrected chi connectivity index (χ4v) is 2.49. The van der Waals surface area contributed by atoms with Crippen molar-refractivity contribution in [1.82, 2.24) is 5.32 Å². The van der Waals surface area contributed by atoms with E-state index in [9.17, 15) is 18.5 Å². The van der Waals surface area contributed by atoms with Crippen LogP contribution in [0, 0.1) is 10.1 Å². The Bertz CT molecular complexity index is 512. The number of hydrogen-bond acceptors (Lipinski definition) is 5. The molecule has 1 aromatic carbocycles. The molecule has 0 atom stereocenters.